The maximum atomic E-state index is 5.70. The first kappa shape index (κ1) is 11.6. The van der Waals surface area contributed by atoms with Gasteiger partial charge in [-0.25, -0.2) is 4.98 Å². The second-order valence-electron chi connectivity index (χ2n) is 2.90. The molecule has 0 atom stereocenters. The molecular weight excluding hydrogens is 264 g/mol. The minimum atomic E-state index is 0.516. The van der Waals surface area contributed by atoms with Crippen molar-refractivity contribution in [2.24, 2.45) is 0 Å². The normalized spacial score (nSPS) is 10.4. The number of nitrogens with one attached hydrogen (secondary N) is 1. The molecule has 2 aromatic heterocycles. The Balaban J connectivity index is 1.94. The van der Waals surface area contributed by atoms with Crippen LogP contribution in [-0.4, -0.2) is 22.2 Å². The van der Waals surface area contributed by atoms with Gasteiger partial charge in [-0.15, -0.1) is 10.2 Å². The molecule has 0 aromatic carbocycles. The minimum Gasteiger partial charge on any atom is -0.363 e. The molecular formula is C9H9ClN4S2. The van der Waals surface area contributed by atoms with Crippen LogP contribution in [0.15, 0.2) is 22.7 Å². The van der Waals surface area contributed by atoms with E-state index in [0.29, 0.717) is 5.15 Å². The maximum Gasteiger partial charge on any atom is 0.206 e. The van der Waals surface area contributed by atoms with Gasteiger partial charge in [0.2, 0.25) is 5.13 Å². The third-order valence-corrected chi connectivity index (χ3v) is 4.14. The SMILES string of the molecule is CNc1nnc(SCc2ccc(Cl)nc2)s1. The molecule has 0 bridgehead atoms. The van der Waals surface area contributed by atoms with Crippen LogP contribution in [-0.2, 0) is 5.75 Å². The monoisotopic (exact) mass is 272 g/mol. The summed E-state index contributed by atoms with van der Waals surface area (Å²) >= 11 is 8.88. The Bertz CT molecular complexity index is 457. The molecule has 2 aromatic rings. The van der Waals surface area contributed by atoms with Gasteiger partial charge < -0.3 is 5.32 Å². The quantitative estimate of drug-likeness (QED) is 0.685. The van der Waals surface area contributed by atoms with E-state index in [1.165, 1.54) is 11.3 Å². The summed E-state index contributed by atoms with van der Waals surface area (Å²) in [7, 11) is 1.83. The number of pyridine rings is 1. The van der Waals surface area contributed by atoms with Crippen molar-refractivity contribution in [2.75, 3.05) is 12.4 Å². The van der Waals surface area contributed by atoms with Crippen molar-refractivity contribution in [3.05, 3.63) is 29.0 Å². The smallest absolute Gasteiger partial charge is 0.206 e. The lowest BCUT2D eigenvalue weighted by Crippen LogP contribution is -1.84. The highest BCUT2D eigenvalue weighted by Gasteiger charge is 2.03. The average Bonchev–Trinajstić information content (AvgIpc) is 2.76. The first-order chi connectivity index (χ1) is 7.78. The molecule has 0 amide bonds. The summed E-state index contributed by atoms with van der Waals surface area (Å²) in [6.45, 7) is 0. The van der Waals surface area contributed by atoms with E-state index in [4.69, 9.17) is 11.6 Å². The molecule has 0 saturated carbocycles. The van der Waals surface area contributed by atoms with Crippen LogP contribution >= 0.6 is 34.7 Å². The Hall–Kier alpha value is -0.850. The van der Waals surface area contributed by atoms with E-state index >= 15 is 0 Å². The van der Waals surface area contributed by atoms with Crippen molar-refractivity contribution in [3.63, 3.8) is 0 Å². The van der Waals surface area contributed by atoms with Crippen molar-refractivity contribution in [1.29, 1.82) is 0 Å². The second kappa shape index (κ2) is 5.47. The van der Waals surface area contributed by atoms with Gasteiger partial charge >= 0.3 is 0 Å². The average molecular weight is 273 g/mol. The van der Waals surface area contributed by atoms with E-state index in [9.17, 15) is 0 Å². The number of halogens is 1. The molecule has 2 heterocycles. The predicted octanol–water partition coefficient (Wildman–Crippen LogP) is 2.92. The summed E-state index contributed by atoms with van der Waals surface area (Å²) in [5, 5.41) is 12.3. The van der Waals surface area contributed by atoms with Crippen molar-refractivity contribution in [3.8, 4) is 0 Å². The number of hydrogen-bond acceptors (Lipinski definition) is 6. The molecule has 0 spiro atoms. The van der Waals surface area contributed by atoms with Gasteiger partial charge in [0.15, 0.2) is 4.34 Å². The van der Waals surface area contributed by atoms with E-state index in [1.54, 1.807) is 24.0 Å². The molecule has 0 aliphatic carbocycles. The Morgan fingerprint density at radius 2 is 2.31 bits per heavy atom. The lowest BCUT2D eigenvalue weighted by molar-refractivity contribution is 1.01. The van der Waals surface area contributed by atoms with Crippen molar-refractivity contribution in [2.45, 2.75) is 10.1 Å². The van der Waals surface area contributed by atoms with Gasteiger partial charge in [0, 0.05) is 19.0 Å². The van der Waals surface area contributed by atoms with Crippen LogP contribution in [0.4, 0.5) is 5.13 Å². The largest absolute Gasteiger partial charge is 0.363 e. The molecule has 0 saturated heterocycles. The molecule has 0 aliphatic heterocycles. The molecule has 4 nitrogen and oxygen atoms in total. The van der Waals surface area contributed by atoms with Gasteiger partial charge in [0.1, 0.15) is 5.15 Å². The topological polar surface area (TPSA) is 50.7 Å². The highest BCUT2D eigenvalue weighted by molar-refractivity contribution is 8.00. The number of thioether (sulfide) groups is 1. The highest BCUT2D eigenvalue weighted by atomic mass is 35.5. The van der Waals surface area contributed by atoms with E-state index in [0.717, 1.165) is 20.8 Å². The molecule has 0 unspecified atom stereocenters. The van der Waals surface area contributed by atoms with Crippen LogP contribution in [0.3, 0.4) is 0 Å². The van der Waals surface area contributed by atoms with Gasteiger partial charge in [0.25, 0.3) is 0 Å². The Kier molecular flexibility index (Phi) is 3.98. The van der Waals surface area contributed by atoms with Crippen LogP contribution in [0.5, 0.6) is 0 Å². The maximum absolute atomic E-state index is 5.70. The fraction of sp³-hybridized carbons (Fsp3) is 0.222. The first-order valence-corrected chi connectivity index (χ1v) is 6.70. The Labute approximate surface area is 106 Å². The number of aromatic nitrogens is 3. The standard InChI is InChI=1S/C9H9ClN4S2/c1-11-8-13-14-9(16-8)15-5-6-2-3-7(10)12-4-6/h2-4H,5H2,1H3,(H,11,13). The number of anilines is 1. The van der Waals surface area contributed by atoms with Crippen LogP contribution in [0.1, 0.15) is 5.56 Å². The van der Waals surface area contributed by atoms with Gasteiger partial charge in [-0.1, -0.05) is 40.8 Å². The molecule has 2 rings (SSSR count). The zero-order valence-corrected chi connectivity index (χ0v) is 10.9. The first-order valence-electron chi connectivity index (χ1n) is 4.52. The van der Waals surface area contributed by atoms with Crippen LogP contribution in [0.2, 0.25) is 5.15 Å². The fourth-order valence-corrected chi connectivity index (χ4v) is 2.76. The molecule has 0 aliphatic rings. The van der Waals surface area contributed by atoms with Crippen molar-refractivity contribution >= 4 is 39.8 Å². The predicted molar refractivity (Wildman–Crippen MR) is 68.3 cm³/mol. The van der Waals surface area contributed by atoms with E-state index < -0.39 is 0 Å². The third kappa shape index (κ3) is 3.07. The molecule has 0 fully saturated rings. The molecule has 84 valence electrons. The molecule has 16 heavy (non-hydrogen) atoms. The molecule has 1 N–H and O–H groups in total. The van der Waals surface area contributed by atoms with Crippen molar-refractivity contribution in [1.82, 2.24) is 15.2 Å². The second-order valence-corrected chi connectivity index (χ2v) is 5.49. The zero-order chi connectivity index (χ0) is 11.4. The summed E-state index contributed by atoms with van der Waals surface area (Å²) in [5.41, 5.74) is 1.12. The lowest BCUT2D eigenvalue weighted by Gasteiger charge is -1.97. The van der Waals surface area contributed by atoms with Crippen LogP contribution in [0.25, 0.3) is 0 Å². The molecule has 0 radical (unpaired) electrons. The van der Waals surface area contributed by atoms with Crippen LogP contribution in [0, 0.1) is 0 Å². The van der Waals surface area contributed by atoms with E-state index in [1.807, 2.05) is 13.1 Å². The Morgan fingerprint density at radius 1 is 1.44 bits per heavy atom. The number of nitrogens with zero attached hydrogens (tertiary/aromatic N) is 3. The molecule has 7 heteroatoms. The van der Waals surface area contributed by atoms with Gasteiger partial charge in [-0.3, -0.25) is 0 Å². The third-order valence-electron chi connectivity index (χ3n) is 1.77. The summed E-state index contributed by atoms with van der Waals surface area (Å²) < 4.78 is 0.944. The highest BCUT2D eigenvalue weighted by Crippen LogP contribution is 2.27. The van der Waals surface area contributed by atoms with Gasteiger partial charge in [0.05, 0.1) is 0 Å². The Morgan fingerprint density at radius 3 is 2.94 bits per heavy atom. The fourth-order valence-electron chi connectivity index (χ4n) is 1.01. The summed E-state index contributed by atoms with van der Waals surface area (Å²) in [4.78, 5) is 4.02. The number of hydrogen-bond donors (Lipinski definition) is 1. The van der Waals surface area contributed by atoms with E-state index in [-0.39, 0.29) is 0 Å². The van der Waals surface area contributed by atoms with Gasteiger partial charge in [-0.05, 0) is 11.6 Å². The summed E-state index contributed by atoms with van der Waals surface area (Å²) in [5.74, 6) is 0.822. The summed E-state index contributed by atoms with van der Waals surface area (Å²) in [6.07, 6.45) is 1.77. The van der Waals surface area contributed by atoms with Gasteiger partial charge in [-0.2, -0.15) is 0 Å². The zero-order valence-electron chi connectivity index (χ0n) is 8.48. The van der Waals surface area contributed by atoms with E-state index in [2.05, 4.69) is 20.5 Å². The minimum absolute atomic E-state index is 0.516. The summed E-state index contributed by atoms with van der Waals surface area (Å²) in [6, 6.07) is 3.75. The number of rotatable bonds is 4. The lowest BCUT2D eigenvalue weighted by atomic mass is 10.3. The van der Waals surface area contributed by atoms with Crippen LogP contribution < -0.4 is 5.32 Å². The van der Waals surface area contributed by atoms with Crippen molar-refractivity contribution < 1.29 is 0 Å².